The SMILES string of the molecule is CC#Cc1nc(N2CC(CCNS(N)(=O)=O)C2)c2ccc(C)cc2n1. The number of anilines is 1. The lowest BCUT2D eigenvalue weighted by molar-refractivity contribution is 0.382. The standard InChI is InChI=1S/C17H21N5O2S/c1-3-4-16-20-15-9-12(2)5-6-14(15)17(21-16)22-10-13(11-22)7-8-19-25(18,23)24/h5-6,9,13,19H,7-8,10-11H2,1-2H3,(H2,18,23,24). The first-order chi connectivity index (χ1) is 11.9. The normalized spacial score (nSPS) is 14.9. The Balaban J connectivity index is 1.76. The van der Waals surface area contributed by atoms with E-state index in [1.54, 1.807) is 6.92 Å². The Hall–Kier alpha value is -2.21. The highest BCUT2D eigenvalue weighted by molar-refractivity contribution is 7.87. The molecule has 1 fully saturated rings. The van der Waals surface area contributed by atoms with Gasteiger partial charge in [0.1, 0.15) is 5.82 Å². The van der Waals surface area contributed by atoms with E-state index < -0.39 is 10.2 Å². The van der Waals surface area contributed by atoms with Crippen molar-refractivity contribution in [3.8, 4) is 11.8 Å². The van der Waals surface area contributed by atoms with Gasteiger partial charge in [0.15, 0.2) is 0 Å². The van der Waals surface area contributed by atoms with Gasteiger partial charge in [0, 0.05) is 25.0 Å². The zero-order valence-electron chi connectivity index (χ0n) is 14.3. The monoisotopic (exact) mass is 359 g/mol. The molecule has 2 heterocycles. The van der Waals surface area contributed by atoms with E-state index in [9.17, 15) is 8.42 Å². The van der Waals surface area contributed by atoms with Crippen LogP contribution in [0.15, 0.2) is 18.2 Å². The predicted molar refractivity (Wildman–Crippen MR) is 98.3 cm³/mol. The minimum Gasteiger partial charge on any atom is -0.355 e. The number of benzene rings is 1. The van der Waals surface area contributed by atoms with Gasteiger partial charge in [-0.25, -0.2) is 19.8 Å². The van der Waals surface area contributed by atoms with E-state index in [1.165, 1.54) is 0 Å². The molecule has 0 amide bonds. The molecule has 7 nitrogen and oxygen atoms in total. The summed E-state index contributed by atoms with van der Waals surface area (Å²) >= 11 is 0. The Morgan fingerprint density at radius 1 is 1.36 bits per heavy atom. The van der Waals surface area contributed by atoms with E-state index in [0.29, 0.717) is 18.3 Å². The van der Waals surface area contributed by atoms with Crippen molar-refractivity contribution >= 4 is 26.9 Å². The van der Waals surface area contributed by atoms with Crippen molar-refractivity contribution in [3.63, 3.8) is 0 Å². The van der Waals surface area contributed by atoms with Crippen molar-refractivity contribution < 1.29 is 8.42 Å². The number of hydrogen-bond donors (Lipinski definition) is 2. The quantitative estimate of drug-likeness (QED) is 0.774. The van der Waals surface area contributed by atoms with Gasteiger partial charge < -0.3 is 4.90 Å². The predicted octanol–water partition coefficient (Wildman–Crippen LogP) is 0.929. The largest absolute Gasteiger partial charge is 0.355 e. The van der Waals surface area contributed by atoms with Gasteiger partial charge in [0.2, 0.25) is 5.82 Å². The van der Waals surface area contributed by atoms with Gasteiger partial charge in [0.25, 0.3) is 10.2 Å². The summed E-state index contributed by atoms with van der Waals surface area (Å²) in [6.07, 6.45) is 0.747. The van der Waals surface area contributed by atoms with Crippen molar-refractivity contribution in [2.75, 3.05) is 24.5 Å². The third-order valence-electron chi connectivity index (χ3n) is 4.18. The molecule has 0 bridgehead atoms. The van der Waals surface area contributed by atoms with Crippen LogP contribution in [0.1, 0.15) is 24.7 Å². The molecule has 0 saturated carbocycles. The fraction of sp³-hybridized carbons (Fsp3) is 0.412. The first kappa shape index (κ1) is 17.6. The maximum absolute atomic E-state index is 10.9. The molecule has 1 aromatic carbocycles. The maximum Gasteiger partial charge on any atom is 0.274 e. The minimum absolute atomic E-state index is 0.355. The van der Waals surface area contributed by atoms with Crippen LogP contribution < -0.4 is 14.8 Å². The summed E-state index contributed by atoms with van der Waals surface area (Å²) in [5, 5.41) is 5.95. The van der Waals surface area contributed by atoms with E-state index in [0.717, 1.165) is 41.8 Å². The van der Waals surface area contributed by atoms with Crippen LogP contribution in [0.4, 0.5) is 5.82 Å². The summed E-state index contributed by atoms with van der Waals surface area (Å²) in [4.78, 5) is 11.3. The summed E-state index contributed by atoms with van der Waals surface area (Å²) in [5.74, 6) is 7.60. The fourth-order valence-electron chi connectivity index (χ4n) is 2.96. The van der Waals surface area contributed by atoms with Crippen LogP contribution in [-0.2, 0) is 10.2 Å². The molecule has 0 aliphatic carbocycles. The van der Waals surface area contributed by atoms with E-state index in [-0.39, 0.29) is 0 Å². The average molecular weight is 359 g/mol. The lowest BCUT2D eigenvalue weighted by atomic mass is 9.96. The second kappa shape index (κ2) is 6.96. The molecule has 2 aromatic rings. The molecule has 3 N–H and O–H groups in total. The second-order valence-electron chi connectivity index (χ2n) is 6.27. The molecule has 0 spiro atoms. The molecular weight excluding hydrogens is 338 g/mol. The number of aryl methyl sites for hydroxylation is 1. The highest BCUT2D eigenvalue weighted by Crippen LogP contribution is 2.31. The number of hydrogen-bond acceptors (Lipinski definition) is 5. The Bertz CT molecular complexity index is 956. The summed E-state index contributed by atoms with van der Waals surface area (Å²) in [5.41, 5.74) is 2.03. The van der Waals surface area contributed by atoms with Crippen molar-refractivity contribution in [2.24, 2.45) is 11.1 Å². The molecule has 0 radical (unpaired) electrons. The number of rotatable bonds is 5. The Labute approximate surface area is 147 Å². The molecule has 1 saturated heterocycles. The molecular formula is C17H21N5O2S. The van der Waals surface area contributed by atoms with Crippen LogP contribution in [0, 0.1) is 24.7 Å². The van der Waals surface area contributed by atoms with Crippen molar-refractivity contribution in [3.05, 3.63) is 29.6 Å². The molecule has 8 heteroatoms. The molecule has 1 aromatic heterocycles. The van der Waals surface area contributed by atoms with Gasteiger partial charge in [-0.2, -0.15) is 8.42 Å². The smallest absolute Gasteiger partial charge is 0.274 e. The van der Waals surface area contributed by atoms with E-state index in [2.05, 4.69) is 31.4 Å². The van der Waals surface area contributed by atoms with Crippen molar-refractivity contribution in [1.82, 2.24) is 14.7 Å². The Morgan fingerprint density at radius 2 is 2.12 bits per heavy atom. The molecule has 132 valence electrons. The van der Waals surface area contributed by atoms with E-state index in [1.807, 2.05) is 25.1 Å². The highest BCUT2D eigenvalue weighted by atomic mass is 32.2. The minimum atomic E-state index is -3.61. The molecule has 0 atom stereocenters. The lowest BCUT2D eigenvalue weighted by Crippen LogP contribution is -2.48. The number of nitrogens with one attached hydrogen (secondary N) is 1. The van der Waals surface area contributed by atoms with Gasteiger partial charge in [-0.15, -0.1) is 0 Å². The van der Waals surface area contributed by atoms with Gasteiger partial charge in [-0.05, 0) is 49.8 Å². The first-order valence-electron chi connectivity index (χ1n) is 8.09. The first-order valence-corrected chi connectivity index (χ1v) is 9.64. The Kier molecular flexibility index (Phi) is 4.90. The van der Waals surface area contributed by atoms with E-state index >= 15 is 0 Å². The summed E-state index contributed by atoms with van der Waals surface area (Å²) < 4.78 is 24.1. The van der Waals surface area contributed by atoms with Crippen LogP contribution in [0.25, 0.3) is 10.9 Å². The van der Waals surface area contributed by atoms with Gasteiger partial charge in [-0.1, -0.05) is 12.0 Å². The van der Waals surface area contributed by atoms with Crippen LogP contribution in [0.3, 0.4) is 0 Å². The van der Waals surface area contributed by atoms with E-state index in [4.69, 9.17) is 5.14 Å². The van der Waals surface area contributed by atoms with Crippen LogP contribution >= 0.6 is 0 Å². The highest BCUT2D eigenvalue weighted by Gasteiger charge is 2.29. The van der Waals surface area contributed by atoms with Gasteiger partial charge in [0.05, 0.1) is 5.52 Å². The number of fused-ring (bicyclic) bond motifs is 1. The molecule has 1 aliphatic heterocycles. The van der Waals surface area contributed by atoms with Crippen LogP contribution in [0.2, 0.25) is 0 Å². The number of aromatic nitrogens is 2. The maximum atomic E-state index is 10.9. The molecule has 1 aliphatic rings. The molecule has 3 rings (SSSR count). The number of nitrogens with zero attached hydrogens (tertiary/aromatic N) is 3. The third kappa shape index (κ3) is 4.25. The lowest BCUT2D eigenvalue weighted by Gasteiger charge is -2.40. The zero-order valence-corrected chi connectivity index (χ0v) is 15.1. The summed E-state index contributed by atoms with van der Waals surface area (Å²) in [7, 11) is -3.61. The average Bonchev–Trinajstić information content (AvgIpc) is 2.48. The van der Waals surface area contributed by atoms with Gasteiger partial charge >= 0.3 is 0 Å². The molecule has 0 unspecified atom stereocenters. The fourth-order valence-corrected chi connectivity index (χ4v) is 3.36. The van der Waals surface area contributed by atoms with Crippen LogP contribution in [0.5, 0.6) is 0 Å². The third-order valence-corrected chi connectivity index (χ3v) is 4.79. The zero-order chi connectivity index (χ0) is 18.0. The van der Waals surface area contributed by atoms with Crippen molar-refractivity contribution in [1.29, 1.82) is 0 Å². The van der Waals surface area contributed by atoms with Crippen LogP contribution in [-0.4, -0.2) is 38.0 Å². The summed E-state index contributed by atoms with van der Waals surface area (Å²) in [6.45, 7) is 5.80. The number of nitrogens with two attached hydrogens (primary N) is 1. The molecule has 25 heavy (non-hydrogen) atoms. The topological polar surface area (TPSA) is 101 Å². The summed E-state index contributed by atoms with van der Waals surface area (Å²) in [6, 6.07) is 6.13. The second-order valence-corrected chi connectivity index (χ2v) is 7.64. The Morgan fingerprint density at radius 3 is 2.80 bits per heavy atom. The van der Waals surface area contributed by atoms with Gasteiger partial charge in [-0.3, -0.25) is 0 Å². The van der Waals surface area contributed by atoms with Crippen molar-refractivity contribution in [2.45, 2.75) is 20.3 Å².